The Morgan fingerprint density at radius 3 is 3.14 bits per heavy atom. The van der Waals surface area contributed by atoms with E-state index in [1.165, 1.54) is 6.20 Å². The molecule has 1 unspecified atom stereocenters. The van der Waals surface area contributed by atoms with E-state index >= 15 is 0 Å². The van der Waals surface area contributed by atoms with Crippen molar-refractivity contribution in [3.05, 3.63) is 35.0 Å². The van der Waals surface area contributed by atoms with Gasteiger partial charge >= 0.3 is 0 Å². The molecular formula is C14H18N6O2. The normalized spacial score (nSPS) is 18.0. The number of H-pyrrole nitrogens is 1. The summed E-state index contributed by atoms with van der Waals surface area (Å²) in [5.41, 5.74) is -0.166. The third kappa shape index (κ3) is 3.16. The van der Waals surface area contributed by atoms with Crippen LogP contribution >= 0.6 is 0 Å². The maximum absolute atomic E-state index is 11.8. The third-order valence-corrected chi connectivity index (χ3v) is 3.58. The molecule has 1 aliphatic heterocycles. The fraction of sp³-hybridized carbons (Fsp3) is 0.429. The van der Waals surface area contributed by atoms with E-state index in [0.29, 0.717) is 24.2 Å². The number of piperidine rings is 1. The van der Waals surface area contributed by atoms with Crippen molar-refractivity contribution in [2.24, 2.45) is 0 Å². The van der Waals surface area contributed by atoms with Gasteiger partial charge in [-0.3, -0.25) is 4.79 Å². The lowest BCUT2D eigenvalue weighted by Crippen LogP contribution is -2.44. The predicted molar refractivity (Wildman–Crippen MR) is 82.3 cm³/mol. The van der Waals surface area contributed by atoms with Gasteiger partial charge in [0.15, 0.2) is 5.82 Å². The fourth-order valence-electron chi connectivity index (χ4n) is 2.56. The van der Waals surface area contributed by atoms with E-state index in [1.807, 2.05) is 4.90 Å². The van der Waals surface area contributed by atoms with Crippen LogP contribution in [0.5, 0.6) is 5.88 Å². The second-order valence-corrected chi connectivity index (χ2v) is 5.09. The van der Waals surface area contributed by atoms with Gasteiger partial charge in [-0.2, -0.15) is 4.98 Å². The minimum absolute atomic E-state index is 0.155. The maximum atomic E-state index is 11.8. The van der Waals surface area contributed by atoms with E-state index in [2.05, 4.69) is 25.3 Å². The molecule has 1 atom stereocenters. The molecule has 2 aromatic heterocycles. The summed E-state index contributed by atoms with van der Waals surface area (Å²) in [4.78, 5) is 29.1. The molecule has 1 aliphatic rings. The Balaban J connectivity index is 1.70. The number of methoxy groups -OCH3 is 1. The topological polar surface area (TPSA) is 96.0 Å². The smallest absolute Gasteiger partial charge is 0.290 e. The van der Waals surface area contributed by atoms with Gasteiger partial charge in [-0.05, 0) is 12.8 Å². The van der Waals surface area contributed by atoms with Crippen LogP contribution in [0.2, 0.25) is 0 Å². The summed E-state index contributed by atoms with van der Waals surface area (Å²) in [6.45, 7) is 1.50. The summed E-state index contributed by atoms with van der Waals surface area (Å²) in [7, 11) is 1.57. The molecule has 0 saturated carbocycles. The minimum atomic E-state index is -0.166. The van der Waals surface area contributed by atoms with E-state index in [-0.39, 0.29) is 11.6 Å². The van der Waals surface area contributed by atoms with Gasteiger partial charge in [0, 0.05) is 43.8 Å². The Labute approximate surface area is 127 Å². The first-order valence-electron chi connectivity index (χ1n) is 7.18. The number of hydrogen-bond donors (Lipinski definition) is 2. The summed E-state index contributed by atoms with van der Waals surface area (Å²) in [5.74, 6) is 1.51. The van der Waals surface area contributed by atoms with Crippen LogP contribution < -0.4 is 20.5 Å². The van der Waals surface area contributed by atoms with E-state index < -0.39 is 0 Å². The molecule has 0 amide bonds. The lowest BCUT2D eigenvalue weighted by atomic mass is 10.1. The number of aromatic nitrogens is 4. The standard InChI is InChI=1S/C14H18N6O2/c1-22-11-4-5-17-14(19-11)18-10-3-2-8-20(9-10)12-13(21)16-7-6-15-12/h4-7,10H,2-3,8-9H2,1H3,(H,16,21)(H,17,18,19). The SMILES string of the molecule is COc1ccnc(NC2CCCN(c3ncc[nH]c3=O)C2)n1. The van der Waals surface area contributed by atoms with Crippen LogP contribution in [0.25, 0.3) is 0 Å². The average molecular weight is 302 g/mol. The zero-order valence-corrected chi connectivity index (χ0v) is 12.3. The third-order valence-electron chi connectivity index (χ3n) is 3.58. The van der Waals surface area contributed by atoms with Crippen molar-refractivity contribution >= 4 is 11.8 Å². The number of hydrogen-bond acceptors (Lipinski definition) is 7. The van der Waals surface area contributed by atoms with Crippen LogP contribution in [-0.2, 0) is 0 Å². The van der Waals surface area contributed by atoms with Crippen molar-refractivity contribution in [1.29, 1.82) is 0 Å². The molecule has 0 aromatic carbocycles. The molecule has 0 bridgehead atoms. The minimum Gasteiger partial charge on any atom is -0.481 e. The van der Waals surface area contributed by atoms with Gasteiger partial charge in [0.2, 0.25) is 11.8 Å². The Kier molecular flexibility index (Phi) is 4.17. The number of anilines is 2. The molecule has 3 heterocycles. The van der Waals surface area contributed by atoms with Gasteiger partial charge in [-0.15, -0.1) is 0 Å². The number of rotatable bonds is 4. The molecule has 22 heavy (non-hydrogen) atoms. The first-order valence-corrected chi connectivity index (χ1v) is 7.18. The molecule has 0 radical (unpaired) electrons. The molecule has 2 aromatic rings. The molecule has 2 N–H and O–H groups in total. The summed E-state index contributed by atoms with van der Waals surface area (Å²) in [6, 6.07) is 1.86. The number of aromatic amines is 1. The molecule has 116 valence electrons. The van der Waals surface area contributed by atoms with Gasteiger partial charge in [0.25, 0.3) is 5.56 Å². The zero-order chi connectivity index (χ0) is 15.4. The molecule has 0 aliphatic carbocycles. The predicted octanol–water partition coefficient (Wildman–Crippen LogP) is 0.649. The summed E-state index contributed by atoms with van der Waals surface area (Å²) >= 11 is 0. The van der Waals surface area contributed by atoms with Crippen molar-refractivity contribution in [2.45, 2.75) is 18.9 Å². The van der Waals surface area contributed by atoms with Gasteiger partial charge in [-0.1, -0.05) is 0 Å². The first-order chi connectivity index (χ1) is 10.8. The summed E-state index contributed by atoms with van der Waals surface area (Å²) < 4.78 is 5.09. The van der Waals surface area contributed by atoms with Crippen molar-refractivity contribution < 1.29 is 4.74 Å². The second-order valence-electron chi connectivity index (χ2n) is 5.09. The molecule has 1 fully saturated rings. The van der Waals surface area contributed by atoms with Crippen molar-refractivity contribution in [3.8, 4) is 5.88 Å². The number of ether oxygens (including phenoxy) is 1. The van der Waals surface area contributed by atoms with Crippen LogP contribution in [0.3, 0.4) is 0 Å². The van der Waals surface area contributed by atoms with Crippen LogP contribution in [0.1, 0.15) is 12.8 Å². The van der Waals surface area contributed by atoms with Crippen molar-refractivity contribution in [2.75, 3.05) is 30.4 Å². The Hall–Kier alpha value is -2.64. The van der Waals surface area contributed by atoms with Gasteiger partial charge < -0.3 is 19.9 Å². The van der Waals surface area contributed by atoms with Crippen LogP contribution in [0.15, 0.2) is 29.5 Å². The highest BCUT2D eigenvalue weighted by Gasteiger charge is 2.23. The molecule has 8 heteroatoms. The number of nitrogens with one attached hydrogen (secondary N) is 2. The second kappa shape index (κ2) is 6.42. The highest BCUT2D eigenvalue weighted by Crippen LogP contribution is 2.17. The van der Waals surface area contributed by atoms with E-state index in [1.54, 1.807) is 25.6 Å². The number of nitrogens with zero attached hydrogens (tertiary/aromatic N) is 4. The Bertz CT molecular complexity index is 689. The lowest BCUT2D eigenvalue weighted by Gasteiger charge is -2.33. The molecular weight excluding hydrogens is 284 g/mol. The fourth-order valence-corrected chi connectivity index (χ4v) is 2.56. The molecule has 1 saturated heterocycles. The first kappa shape index (κ1) is 14.3. The van der Waals surface area contributed by atoms with E-state index in [4.69, 9.17) is 4.74 Å². The van der Waals surface area contributed by atoms with Gasteiger partial charge in [0.05, 0.1) is 7.11 Å². The van der Waals surface area contributed by atoms with Crippen LogP contribution in [0, 0.1) is 0 Å². The largest absolute Gasteiger partial charge is 0.481 e. The highest BCUT2D eigenvalue weighted by molar-refractivity contribution is 5.38. The van der Waals surface area contributed by atoms with E-state index in [0.717, 1.165) is 19.4 Å². The average Bonchev–Trinajstić information content (AvgIpc) is 2.56. The molecule has 3 rings (SSSR count). The van der Waals surface area contributed by atoms with E-state index in [9.17, 15) is 4.79 Å². The van der Waals surface area contributed by atoms with Crippen molar-refractivity contribution in [1.82, 2.24) is 19.9 Å². The van der Waals surface area contributed by atoms with Crippen LogP contribution in [-0.4, -0.2) is 46.2 Å². The maximum Gasteiger partial charge on any atom is 0.290 e. The van der Waals surface area contributed by atoms with Crippen LogP contribution in [0.4, 0.5) is 11.8 Å². The monoisotopic (exact) mass is 302 g/mol. The molecule has 8 nitrogen and oxygen atoms in total. The quantitative estimate of drug-likeness (QED) is 0.856. The van der Waals surface area contributed by atoms with Gasteiger partial charge in [-0.25, -0.2) is 9.97 Å². The summed E-state index contributed by atoms with van der Waals surface area (Å²) in [6.07, 6.45) is 6.74. The lowest BCUT2D eigenvalue weighted by molar-refractivity contribution is 0.397. The summed E-state index contributed by atoms with van der Waals surface area (Å²) in [5, 5.41) is 3.29. The Morgan fingerprint density at radius 2 is 2.32 bits per heavy atom. The Morgan fingerprint density at radius 1 is 1.41 bits per heavy atom. The van der Waals surface area contributed by atoms with Gasteiger partial charge in [0.1, 0.15) is 0 Å². The molecule has 0 spiro atoms. The van der Waals surface area contributed by atoms with Crippen molar-refractivity contribution in [3.63, 3.8) is 0 Å². The zero-order valence-electron chi connectivity index (χ0n) is 12.3. The highest BCUT2D eigenvalue weighted by atomic mass is 16.5.